The van der Waals surface area contributed by atoms with Gasteiger partial charge < -0.3 is 16.0 Å². The monoisotopic (exact) mass is 342 g/mol. The van der Waals surface area contributed by atoms with Crippen molar-refractivity contribution >= 4 is 11.9 Å². The highest BCUT2D eigenvalue weighted by Gasteiger charge is 2.15. The smallest absolute Gasteiger partial charge is 0.315 e. The number of nitrogens with zero attached hydrogens (tertiary/aromatic N) is 1. The van der Waals surface area contributed by atoms with Crippen molar-refractivity contribution in [2.24, 2.45) is 0 Å². The SMILES string of the molecule is N#Cc1ccc(CNC(=O)CCCNC(=O)NC2CCCCC2)cc1. The predicted molar refractivity (Wildman–Crippen MR) is 95.6 cm³/mol. The van der Waals surface area contributed by atoms with Gasteiger partial charge >= 0.3 is 6.03 Å². The van der Waals surface area contributed by atoms with Crippen LogP contribution in [0.15, 0.2) is 24.3 Å². The molecule has 1 aliphatic rings. The van der Waals surface area contributed by atoms with Crippen LogP contribution in [0.3, 0.4) is 0 Å². The third-order valence-electron chi connectivity index (χ3n) is 4.38. The number of hydrogen-bond acceptors (Lipinski definition) is 3. The minimum atomic E-state index is -0.134. The van der Waals surface area contributed by atoms with Crippen molar-refractivity contribution in [3.63, 3.8) is 0 Å². The third-order valence-corrected chi connectivity index (χ3v) is 4.38. The lowest BCUT2D eigenvalue weighted by molar-refractivity contribution is -0.121. The molecule has 1 fully saturated rings. The highest BCUT2D eigenvalue weighted by molar-refractivity contribution is 5.76. The summed E-state index contributed by atoms with van der Waals surface area (Å²) in [4.78, 5) is 23.6. The summed E-state index contributed by atoms with van der Waals surface area (Å²) in [6.07, 6.45) is 6.74. The first-order valence-corrected chi connectivity index (χ1v) is 8.97. The summed E-state index contributed by atoms with van der Waals surface area (Å²) in [6.45, 7) is 0.934. The summed E-state index contributed by atoms with van der Waals surface area (Å²) in [5.41, 5.74) is 1.56. The number of hydrogen-bond donors (Lipinski definition) is 3. The van der Waals surface area contributed by atoms with Crippen LogP contribution in [0.5, 0.6) is 0 Å². The number of urea groups is 1. The van der Waals surface area contributed by atoms with E-state index in [4.69, 9.17) is 5.26 Å². The number of nitrogens with one attached hydrogen (secondary N) is 3. The zero-order valence-electron chi connectivity index (χ0n) is 14.5. The Morgan fingerprint density at radius 3 is 2.48 bits per heavy atom. The van der Waals surface area contributed by atoms with Crippen LogP contribution < -0.4 is 16.0 Å². The van der Waals surface area contributed by atoms with Gasteiger partial charge in [0.15, 0.2) is 0 Å². The number of benzene rings is 1. The zero-order chi connectivity index (χ0) is 17.9. The Morgan fingerprint density at radius 2 is 1.80 bits per heavy atom. The molecule has 0 aliphatic heterocycles. The molecule has 1 aromatic rings. The molecule has 0 spiro atoms. The number of amides is 3. The van der Waals surface area contributed by atoms with Gasteiger partial charge in [-0.3, -0.25) is 4.79 Å². The fourth-order valence-electron chi connectivity index (χ4n) is 2.92. The van der Waals surface area contributed by atoms with Crippen LogP contribution in [0.4, 0.5) is 4.79 Å². The van der Waals surface area contributed by atoms with Crippen molar-refractivity contribution in [1.82, 2.24) is 16.0 Å². The maximum Gasteiger partial charge on any atom is 0.315 e. The molecule has 0 atom stereocenters. The third kappa shape index (κ3) is 7.25. The molecule has 1 aliphatic carbocycles. The van der Waals surface area contributed by atoms with Crippen LogP contribution in [-0.2, 0) is 11.3 Å². The van der Waals surface area contributed by atoms with E-state index in [0.717, 1.165) is 18.4 Å². The largest absolute Gasteiger partial charge is 0.352 e. The molecule has 0 unspecified atom stereocenters. The van der Waals surface area contributed by atoms with E-state index in [1.807, 2.05) is 12.1 Å². The van der Waals surface area contributed by atoms with Crippen LogP contribution in [0.1, 0.15) is 56.1 Å². The van der Waals surface area contributed by atoms with Crippen LogP contribution in [-0.4, -0.2) is 24.5 Å². The summed E-state index contributed by atoms with van der Waals surface area (Å²) in [5.74, 6) is -0.0427. The van der Waals surface area contributed by atoms with Crippen LogP contribution in [0, 0.1) is 11.3 Å². The number of rotatable bonds is 7. The minimum absolute atomic E-state index is 0.0427. The second-order valence-corrected chi connectivity index (χ2v) is 6.42. The molecule has 134 valence electrons. The standard InChI is InChI=1S/C19H26N4O2/c20-13-15-8-10-16(11-9-15)14-22-18(24)7-4-12-21-19(25)23-17-5-2-1-3-6-17/h8-11,17H,1-7,12,14H2,(H,22,24)(H2,21,23,25). The van der Waals surface area contributed by atoms with Gasteiger partial charge in [0, 0.05) is 25.6 Å². The van der Waals surface area contributed by atoms with Gasteiger partial charge in [-0.2, -0.15) is 5.26 Å². The fraction of sp³-hybridized carbons (Fsp3) is 0.526. The fourth-order valence-corrected chi connectivity index (χ4v) is 2.92. The van der Waals surface area contributed by atoms with Gasteiger partial charge in [0.1, 0.15) is 0 Å². The van der Waals surface area contributed by atoms with E-state index in [0.29, 0.717) is 37.5 Å². The average molecular weight is 342 g/mol. The van der Waals surface area contributed by atoms with Crippen molar-refractivity contribution in [3.8, 4) is 6.07 Å². The molecule has 0 bridgehead atoms. The molecule has 3 amide bonds. The van der Waals surface area contributed by atoms with Gasteiger partial charge in [-0.1, -0.05) is 31.4 Å². The molecule has 25 heavy (non-hydrogen) atoms. The Bertz CT molecular complexity index is 601. The number of nitriles is 1. The van der Waals surface area contributed by atoms with Crippen LogP contribution in [0.25, 0.3) is 0 Å². The second-order valence-electron chi connectivity index (χ2n) is 6.42. The molecule has 0 heterocycles. The maximum atomic E-state index is 11.8. The zero-order valence-corrected chi connectivity index (χ0v) is 14.5. The van der Waals surface area contributed by atoms with Crippen molar-refractivity contribution < 1.29 is 9.59 Å². The maximum absolute atomic E-state index is 11.8. The van der Waals surface area contributed by atoms with E-state index in [2.05, 4.69) is 22.0 Å². The Hall–Kier alpha value is -2.55. The van der Waals surface area contributed by atoms with Crippen molar-refractivity contribution in [2.45, 2.75) is 57.5 Å². The Kier molecular flexibility index (Phi) is 7.77. The lowest BCUT2D eigenvalue weighted by atomic mass is 9.96. The van der Waals surface area contributed by atoms with E-state index >= 15 is 0 Å². The molecule has 3 N–H and O–H groups in total. The van der Waals surface area contributed by atoms with E-state index in [1.54, 1.807) is 12.1 Å². The Balaban J connectivity index is 1.54. The van der Waals surface area contributed by atoms with Gasteiger partial charge in [0.2, 0.25) is 5.91 Å². The van der Waals surface area contributed by atoms with Crippen LogP contribution >= 0.6 is 0 Å². The first-order chi connectivity index (χ1) is 12.2. The Morgan fingerprint density at radius 1 is 1.08 bits per heavy atom. The molecule has 2 rings (SSSR count). The van der Waals surface area contributed by atoms with E-state index in [-0.39, 0.29) is 11.9 Å². The molecule has 1 saturated carbocycles. The lowest BCUT2D eigenvalue weighted by Gasteiger charge is -2.22. The first kappa shape index (κ1) is 18.8. The summed E-state index contributed by atoms with van der Waals surface area (Å²) >= 11 is 0. The quantitative estimate of drug-likeness (QED) is 0.665. The minimum Gasteiger partial charge on any atom is -0.352 e. The second kappa shape index (κ2) is 10.3. The van der Waals surface area contributed by atoms with Crippen LogP contribution in [0.2, 0.25) is 0 Å². The van der Waals surface area contributed by atoms with Gasteiger partial charge in [0.05, 0.1) is 11.6 Å². The average Bonchev–Trinajstić information content (AvgIpc) is 2.65. The highest BCUT2D eigenvalue weighted by atomic mass is 16.2. The van der Waals surface area contributed by atoms with Crippen molar-refractivity contribution in [3.05, 3.63) is 35.4 Å². The lowest BCUT2D eigenvalue weighted by Crippen LogP contribution is -2.43. The van der Waals surface area contributed by atoms with Crippen molar-refractivity contribution in [1.29, 1.82) is 5.26 Å². The van der Waals surface area contributed by atoms with Gasteiger partial charge in [0.25, 0.3) is 0 Å². The van der Waals surface area contributed by atoms with E-state index in [1.165, 1.54) is 19.3 Å². The number of carbonyl (C=O) groups is 2. The molecule has 0 saturated heterocycles. The molecule has 0 aromatic heterocycles. The topological polar surface area (TPSA) is 94.0 Å². The summed E-state index contributed by atoms with van der Waals surface area (Å²) in [7, 11) is 0. The van der Waals surface area contributed by atoms with E-state index in [9.17, 15) is 9.59 Å². The number of carbonyl (C=O) groups excluding carboxylic acids is 2. The molecular weight excluding hydrogens is 316 g/mol. The summed E-state index contributed by atoms with van der Waals surface area (Å²) < 4.78 is 0. The highest BCUT2D eigenvalue weighted by Crippen LogP contribution is 2.17. The summed E-state index contributed by atoms with van der Waals surface area (Å²) in [6, 6.07) is 9.35. The van der Waals surface area contributed by atoms with Gasteiger partial charge in [-0.25, -0.2) is 4.79 Å². The molecule has 0 radical (unpaired) electrons. The van der Waals surface area contributed by atoms with E-state index < -0.39 is 0 Å². The van der Waals surface area contributed by atoms with Gasteiger partial charge in [-0.05, 0) is 37.0 Å². The summed E-state index contributed by atoms with van der Waals surface area (Å²) in [5, 5.41) is 17.4. The van der Waals surface area contributed by atoms with Crippen molar-refractivity contribution in [2.75, 3.05) is 6.54 Å². The van der Waals surface area contributed by atoms with Gasteiger partial charge in [-0.15, -0.1) is 0 Å². The molecule has 6 nitrogen and oxygen atoms in total. The predicted octanol–water partition coefficient (Wildman–Crippen LogP) is 2.59. The molecule has 6 heteroatoms. The normalized spacial score (nSPS) is 14.4. The Labute approximate surface area is 149 Å². The first-order valence-electron chi connectivity index (χ1n) is 8.97. The molecular formula is C19H26N4O2. The molecule has 1 aromatic carbocycles.